The highest BCUT2D eigenvalue weighted by molar-refractivity contribution is 6.12. The van der Waals surface area contributed by atoms with Crippen LogP contribution in [0, 0.1) is 20.8 Å². The molecule has 6 heteroatoms. The molecule has 0 aliphatic rings. The number of aryl methyl sites for hydroxylation is 3. The van der Waals surface area contributed by atoms with Gasteiger partial charge in [-0.25, -0.2) is 9.78 Å². The number of hydrogen-bond donors (Lipinski definition) is 1. The van der Waals surface area contributed by atoms with Crippen molar-refractivity contribution in [2.45, 2.75) is 26.7 Å². The highest BCUT2D eigenvalue weighted by atomic mass is 16.4. The molecule has 0 spiro atoms. The molecule has 0 aliphatic heterocycles. The number of carboxylic acids is 1. The first-order valence-electron chi connectivity index (χ1n) is 8.03. The number of rotatable bonds is 4. The third-order valence-electron chi connectivity index (χ3n) is 4.34. The van der Waals surface area contributed by atoms with E-state index < -0.39 is 29.0 Å². The first-order chi connectivity index (χ1) is 12.3. The van der Waals surface area contributed by atoms with Crippen molar-refractivity contribution in [3.8, 4) is 0 Å². The quantitative estimate of drug-likeness (QED) is 0.573. The fourth-order valence-electron chi connectivity index (χ4n) is 2.73. The number of ketones is 1. The number of aliphatic carboxylic acids is 1. The lowest BCUT2D eigenvalue weighted by Gasteiger charge is -2.12. The molecule has 1 N–H and O–H groups in total. The van der Waals surface area contributed by atoms with E-state index in [1.165, 1.54) is 0 Å². The number of Topliss-reactive ketones (excluding diaryl/α,β-unsaturated/α-hetero) is 1. The largest absolute Gasteiger partial charge is 0.480 e. The van der Waals surface area contributed by atoms with Gasteiger partial charge in [-0.1, -0.05) is 18.2 Å². The lowest BCUT2D eigenvalue weighted by Crippen LogP contribution is -2.28. The van der Waals surface area contributed by atoms with Gasteiger partial charge in [0.15, 0.2) is 17.3 Å². The van der Waals surface area contributed by atoms with Crippen LogP contribution < -0.4 is 5.63 Å². The molecular weight excluding hydrogens is 334 g/mol. The van der Waals surface area contributed by atoms with E-state index >= 15 is 0 Å². The summed E-state index contributed by atoms with van der Waals surface area (Å²) in [6.07, 6.45) is 0. The second-order valence-corrected chi connectivity index (χ2v) is 6.29. The SMILES string of the molecule is Cc1ccc2oc(=O)c(C(C(=O)O)C(=O)c3ccc(C)c(C)c3)nc2c1. The average Bonchev–Trinajstić information content (AvgIpc) is 2.58. The van der Waals surface area contributed by atoms with Gasteiger partial charge in [0.25, 0.3) is 0 Å². The third-order valence-corrected chi connectivity index (χ3v) is 4.34. The monoisotopic (exact) mass is 351 g/mol. The second-order valence-electron chi connectivity index (χ2n) is 6.29. The third kappa shape index (κ3) is 3.13. The van der Waals surface area contributed by atoms with Crippen LogP contribution in [0.4, 0.5) is 0 Å². The molecule has 0 fully saturated rings. The van der Waals surface area contributed by atoms with E-state index in [4.69, 9.17) is 4.42 Å². The van der Waals surface area contributed by atoms with Crippen molar-refractivity contribution in [3.63, 3.8) is 0 Å². The zero-order chi connectivity index (χ0) is 19.0. The number of carbonyl (C=O) groups is 2. The summed E-state index contributed by atoms with van der Waals surface area (Å²) in [6, 6.07) is 9.90. The van der Waals surface area contributed by atoms with E-state index in [1.807, 2.05) is 20.8 Å². The lowest BCUT2D eigenvalue weighted by molar-refractivity contribution is -0.137. The molecule has 26 heavy (non-hydrogen) atoms. The minimum atomic E-state index is -1.72. The Hall–Kier alpha value is -3.28. The molecule has 0 bridgehead atoms. The number of fused-ring (bicyclic) bond motifs is 1. The summed E-state index contributed by atoms with van der Waals surface area (Å²) in [5, 5.41) is 9.59. The van der Waals surface area contributed by atoms with Crippen molar-refractivity contribution >= 4 is 22.9 Å². The molecule has 1 atom stereocenters. The van der Waals surface area contributed by atoms with E-state index in [0.717, 1.165) is 16.7 Å². The molecule has 0 aliphatic carbocycles. The number of benzene rings is 2. The van der Waals surface area contributed by atoms with E-state index in [0.29, 0.717) is 5.52 Å². The number of hydrogen-bond acceptors (Lipinski definition) is 5. The van der Waals surface area contributed by atoms with E-state index in [1.54, 1.807) is 36.4 Å². The van der Waals surface area contributed by atoms with Crippen LogP contribution in [0.5, 0.6) is 0 Å². The van der Waals surface area contributed by atoms with Gasteiger partial charge in [0.05, 0.1) is 0 Å². The Balaban J connectivity index is 2.16. The minimum absolute atomic E-state index is 0.214. The number of aromatic nitrogens is 1. The van der Waals surface area contributed by atoms with Crippen molar-refractivity contribution in [1.82, 2.24) is 4.98 Å². The molecule has 0 saturated carbocycles. The first kappa shape index (κ1) is 17.5. The molecule has 3 aromatic rings. The molecule has 0 radical (unpaired) electrons. The summed E-state index contributed by atoms with van der Waals surface area (Å²) >= 11 is 0. The maximum atomic E-state index is 12.8. The molecule has 132 valence electrons. The van der Waals surface area contributed by atoms with E-state index in [9.17, 15) is 19.5 Å². The van der Waals surface area contributed by atoms with Crippen LogP contribution in [-0.2, 0) is 4.79 Å². The number of nitrogens with zero attached hydrogens (tertiary/aromatic N) is 1. The van der Waals surface area contributed by atoms with Crippen LogP contribution in [0.3, 0.4) is 0 Å². The van der Waals surface area contributed by atoms with E-state index in [-0.39, 0.29) is 11.1 Å². The maximum Gasteiger partial charge on any atom is 0.359 e. The normalized spacial score (nSPS) is 12.1. The summed E-state index contributed by atoms with van der Waals surface area (Å²) in [4.78, 5) is 41.0. The van der Waals surface area contributed by atoms with Gasteiger partial charge in [0.2, 0.25) is 0 Å². The Morgan fingerprint density at radius 3 is 2.42 bits per heavy atom. The number of carbonyl (C=O) groups excluding carboxylic acids is 1. The Bertz CT molecular complexity index is 1100. The molecule has 2 aromatic carbocycles. The van der Waals surface area contributed by atoms with E-state index in [2.05, 4.69) is 4.98 Å². The Labute approximate surface area is 149 Å². The van der Waals surface area contributed by atoms with Crippen LogP contribution in [0.1, 0.15) is 38.7 Å². The Morgan fingerprint density at radius 2 is 1.77 bits per heavy atom. The highest BCUT2D eigenvalue weighted by Crippen LogP contribution is 2.22. The maximum absolute atomic E-state index is 12.8. The zero-order valence-corrected chi connectivity index (χ0v) is 14.6. The van der Waals surface area contributed by atoms with Gasteiger partial charge in [-0.2, -0.15) is 0 Å². The summed E-state index contributed by atoms with van der Waals surface area (Å²) in [7, 11) is 0. The summed E-state index contributed by atoms with van der Waals surface area (Å²) in [5.74, 6) is -3.87. The van der Waals surface area contributed by atoms with Gasteiger partial charge in [0, 0.05) is 5.56 Å². The fourth-order valence-corrected chi connectivity index (χ4v) is 2.73. The topological polar surface area (TPSA) is 97.5 Å². The fraction of sp³-hybridized carbons (Fsp3) is 0.200. The summed E-state index contributed by atoms with van der Waals surface area (Å²) in [6.45, 7) is 5.55. The molecule has 6 nitrogen and oxygen atoms in total. The smallest absolute Gasteiger partial charge is 0.359 e. The van der Waals surface area contributed by atoms with Crippen molar-refractivity contribution in [2.75, 3.05) is 0 Å². The Morgan fingerprint density at radius 1 is 1.04 bits per heavy atom. The standard InChI is InChI=1S/C20H17NO5/c1-10-4-7-15-14(8-10)21-17(20(25)26-15)16(19(23)24)18(22)13-6-5-11(2)12(3)9-13/h4-9,16H,1-3H3,(H,23,24). The summed E-state index contributed by atoms with van der Waals surface area (Å²) in [5.41, 5.74) is 2.15. The lowest BCUT2D eigenvalue weighted by atomic mass is 9.93. The van der Waals surface area contributed by atoms with Gasteiger partial charge >= 0.3 is 11.6 Å². The minimum Gasteiger partial charge on any atom is -0.480 e. The van der Waals surface area contributed by atoms with Crippen LogP contribution in [0.2, 0.25) is 0 Å². The highest BCUT2D eigenvalue weighted by Gasteiger charge is 2.34. The molecule has 0 amide bonds. The Kier molecular flexibility index (Phi) is 4.42. The van der Waals surface area contributed by atoms with Gasteiger partial charge in [0.1, 0.15) is 11.2 Å². The zero-order valence-electron chi connectivity index (χ0n) is 14.6. The van der Waals surface area contributed by atoms with Crippen molar-refractivity contribution in [1.29, 1.82) is 0 Å². The second kappa shape index (κ2) is 6.55. The van der Waals surface area contributed by atoms with Crippen LogP contribution in [-0.4, -0.2) is 21.8 Å². The molecule has 3 rings (SSSR count). The van der Waals surface area contributed by atoms with Gasteiger partial charge in [-0.05, 0) is 55.7 Å². The van der Waals surface area contributed by atoms with Crippen molar-refractivity contribution < 1.29 is 19.1 Å². The molecule has 1 unspecified atom stereocenters. The molecule has 1 heterocycles. The van der Waals surface area contributed by atoms with Gasteiger partial charge < -0.3 is 9.52 Å². The first-order valence-corrected chi connectivity index (χ1v) is 8.03. The molecular formula is C20H17NO5. The number of carboxylic acid groups (broad SMARTS) is 1. The van der Waals surface area contributed by atoms with Crippen LogP contribution >= 0.6 is 0 Å². The molecule has 0 saturated heterocycles. The predicted molar refractivity (Wildman–Crippen MR) is 95.6 cm³/mol. The van der Waals surface area contributed by atoms with Crippen molar-refractivity contribution in [2.24, 2.45) is 0 Å². The predicted octanol–water partition coefficient (Wildman–Crippen LogP) is 3.16. The van der Waals surface area contributed by atoms with Crippen LogP contribution in [0.25, 0.3) is 11.1 Å². The molecule has 1 aromatic heterocycles. The summed E-state index contributed by atoms with van der Waals surface area (Å²) < 4.78 is 5.17. The van der Waals surface area contributed by atoms with Gasteiger partial charge in [-0.3, -0.25) is 9.59 Å². The van der Waals surface area contributed by atoms with Crippen molar-refractivity contribution in [3.05, 3.63) is 74.8 Å². The van der Waals surface area contributed by atoms with Crippen LogP contribution in [0.15, 0.2) is 45.6 Å². The average molecular weight is 351 g/mol. The van der Waals surface area contributed by atoms with Gasteiger partial charge in [-0.15, -0.1) is 0 Å².